The van der Waals surface area contributed by atoms with E-state index in [-0.39, 0.29) is 16.8 Å². The molecule has 0 saturated heterocycles. The Hall–Kier alpha value is -3.88. The van der Waals surface area contributed by atoms with Gasteiger partial charge < -0.3 is 9.72 Å². The number of rotatable bonds is 5. The zero-order valence-electron chi connectivity index (χ0n) is 17.1. The Morgan fingerprint density at radius 2 is 2.00 bits per heavy atom. The Labute approximate surface area is 181 Å². The van der Waals surface area contributed by atoms with Crippen LogP contribution in [-0.4, -0.2) is 29.7 Å². The van der Waals surface area contributed by atoms with Crippen molar-refractivity contribution in [3.63, 3.8) is 0 Å². The smallest absolute Gasteiger partial charge is 0.201 e. The van der Waals surface area contributed by atoms with E-state index in [9.17, 15) is 8.78 Å². The summed E-state index contributed by atoms with van der Waals surface area (Å²) in [6, 6.07) is 6.08. The van der Waals surface area contributed by atoms with E-state index >= 15 is 0 Å². The lowest BCUT2D eigenvalue weighted by Crippen LogP contribution is -1.99. The van der Waals surface area contributed by atoms with Crippen molar-refractivity contribution in [3.05, 3.63) is 60.3 Å². The molecule has 1 aliphatic carbocycles. The topological polar surface area (TPSA) is 81.5 Å². The minimum absolute atomic E-state index is 0.0324. The van der Waals surface area contributed by atoms with E-state index in [1.54, 1.807) is 37.5 Å². The summed E-state index contributed by atoms with van der Waals surface area (Å²) in [5, 5.41) is 4.40. The van der Waals surface area contributed by atoms with Gasteiger partial charge in [0.2, 0.25) is 5.75 Å². The fourth-order valence-corrected chi connectivity index (χ4v) is 3.75. The molecule has 0 amide bonds. The van der Waals surface area contributed by atoms with E-state index in [2.05, 4.69) is 25.0 Å². The highest BCUT2D eigenvalue weighted by molar-refractivity contribution is 5.80. The number of aryl methyl sites for hydroxylation is 1. The number of hydrogen-bond donors (Lipinski definition) is 1. The summed E-state index contributed by atoms with van der Waals surface area (Å²) in [5.41, 5.74) is 3.04. The van der Waals surface area contributed by atoms with Gasteiger partial charge in [0.1, 0.15) is 17.1 Å². The van der Waals surface area contributed by atoms with Crippen LogP contribution in [0.2, 0.25) is 0 Å². The van der Waals surface area contributed by atoms with Crippen LogP contribution in [0.1, 0.15) is 18.7 Å². The van der Waals surface area contributed by atoms with Gasteiger partial charge in [-0.25, -0.2) is 18.7 Å². The maximum atomic E-state index is 14.8. The molecule has 1 aliphatic rings. The lowest BCUT2D eigenvalue weighted by Gasteiger charge is -2.09. The molecule has 32 heavy (non-hydrogen) atoms. The van der Waals surface area contributed by atoms with Crippen LogP contribution < -0.4 is 4.74 Å². The molecule has 3 heterocycles. The summed E-state index contributed by atoms with van der Waals surface area (Å²) in [7, 11) is 0. The number of nitrogens with one attached hydrogen (secondary N) is 1. The molecule has 1 fully saturated rings. The molecule has 5 aromatic rings. The van der Waals surface area contributed by atoms with Gasteiger partial charge in [0.15, 0.2) is 11.6 Å². The third-order valence-corrected chi connectivity index (χ3v) is 5.55. The second-order valence-corrected chi connectivity index (χ2v) is 8.12. The van der Waals surface area contributed by atoms with Crippen LogP contribution in [-0.2, 0) is 6.54 Å². The van der Waals surface area contributed by atoms with Gasteiger partial charge in [0.25, 0.3) is 0 Å². The Balaban J connectivity index is 1.34. The van der Waals surface area contributed by atoms with Crippen LogP contribution in [0.25, 0.3) is 33.3 Å². The van der Waals surface area contributed by atoms with E-state index in [0.29, 0.717) is 22.6 Å². The van der Waals surface area contributed by atoms with E-state index < -0.39 is 17.4 Å². The summed E-state index contributed by atoms with van der Waals surface area (Å²) in [6.07, 6.45) is 7.92. The first-order valence-electron chi connectivity index (χ1n) is 10.4. The van der Waals surface area contributed by atoms with Crippen LogP contribution in [0.15, 0.2) is 42.9 Å². The predicted octanol–water partition coefficient (Wildman–Crippen LogP) is 5.16. The normalized spacial score (nSPS) is 13.8. The lowest BCUT2D eigenvalue weighted by atomic mass is 10.2. The zero-order chi connectivity index (χ0) is 21.8. The molecular formula is C23H18F2N6O. The van der Waals surface area contributed by atoms with Crippen LogP contribution in [0.3, 0.4) is 0 Å². The van der Waals surface area contributed by atoms with E-state index in [1.807, 2.05) is 10.9 Å². The third-order valence-electron chi connectivity index (χ3n) is 5.55. The predicted molar refractivity (Wildman–Crippen MR) is 114 cm³/mol. The maximum Gasteiger partial charge on any atom is 0.201 e. The second-order valence-electron chi connectivity index (χ2n) is 8.12. The molecule has 0 aliphatic heterocycles. The number of aromatic amines is 1. The molecule has 1 saturated carbocycles. The standard InChI is InChI=1S/C23H18F2N6O/c1-12-28-19-7-16(24)23(21(25)22(19)29-12)32-15-4-5-17-18(6-15)30-20(9-26-17)14-8-27-31(11-14)10-13-2-3-13/h4-9,11,13H,2-3,10H2,1H3,(H,28,29). The van der Waals surface area contributed by atoms with Gasteiger partial charge in [-0.1, -0.05) is 0 Å². The third kappa shape index (κ3) is 3.35. The molecule has 9 heteroatoms. The number of imidazole rings is 1. The highest BCUT2D eigenvalue weighted by Gasteiger charge is 2.22. The number of ether oxygens (including phenoxy) is 1. The van der Waals surface area contributed by atoms with Crippen molar-refractivity contribution < 1.29 is 13.5 Å². The summed E-state index contributed by atoms with van der Waals surface area (Å²) >= 11 is 0. The van der Waals surface area contributed by atoms with Gasteiger partial charge in [-0.15, -0.1) is 0 Å². The van der Waals surface area contributed by atoms with Crippen molar-refractivity contribution in [1.29, 1.82) is 0 Å². The molecule has 6 rings (SSSR count). The van der Waals surface area contributed by atoms with Crippen LogP contribution in [0.4, 0.5) is 8.78 Å². The van der Waals surface area contributed by atoms with Crippen molar-refractivity contribution in [2.24, 2.45) is 5.92 Å². The highest BCUT2D eigenvalue weighted by Crippen LogP contribution is 2.34. The fourth-order valence-electron chi connectivity index (χ4n) is 3.75. The van der Waals surface area contributed by atoms with Crippen LogP contribution in [0.5, 0.6) is 11.5 Å². The van der Waals surface area contributed by atoms with Crippen molar-refractivity contribution in [3.8, 4) is 22.8 Å². The largest absolute Gasteiger partial charge is 0.451 e. The minimum Gasteiger partial charge on any atom is -0.451 e. The minimum atomic E-state index is -0.854. The van der Waals surface area contributed by atoms with Crippen molar-refractivity contribution in [2.45, 2.75) is 26.3 Å². The van der Waals surface area contributed by atoms with Crippen LogP contribution >= 0.6 is 0 Å². The monoisotopic (exact) mass is 432 g/mol. The first-order valence-corrected chi connectivity index (χ1v) is 10.4. The summed E-state index contributed by atoms with van der Waals surface area (Å²) < 4.78 is 36.9. The molecular weight excluding hydrogens is 414 g/mol. The van der Waals surface area contributed by atoms with E-state index in [4.69, 9.17) is 4.74 Å². The van der Waals surface area contributed by atoms with Crippen molar-refractivity contribution in [2.75, 3.05) is 0 Å². The molecule has 0 bridgehead atoms. The fraction of sp³-hybridized carbons (Fsp3) is 0.217. The highest BCUT2D eigenvalue weighted by atomic mass is 19.1. The number of nitrogens with zero attached hydrogens (tertiary/aromatic N) is 5. The quantitative estimate of drug-likeness (QED) is 0.415. The van der Waals surface area contributed by atoms with Gasteiger partial charge in [-0.05, 0) is 37.8 Å². The van der Waals surface area contributed by atoms with Gasteiger partial charge in [0, 0.05) is 30.4 Å². The van der Waals surface area contributed by atoms with Crippen molar-refractivity contribution in [1.82, 2.24) is 29.7 Å². The number of halogens is 2. The van der Waals surface area contributed by atoms with Crippen LogP contribution in [0, 0.1) is 24.5 Å². The van der Waals surface area contributed by atoms with E-state index in [0.717, 1.165) is 18.0 Å². The average Bonchev–Trinajstić information content (AvgIpc) is 3.33. The molecule has 160 valence electrons. The molecule has 0 unspecified atom stereocenters. The molecule has 0 radical (unpaired) electrons. The Bertz CT molecular complexity index is 1490. The van der Waals surface area contributed by atoms with E-state index in [1.165, 1.54) is 18.9 Å². The molecule has 1 N–H and O–H groups in total. The number of benzene rings is 2. The van der Waals surface area contributed by atoms with Gasteiger partial charge >= 0.3 is 0 Å². The first kappa shape index (κ1) is 18.9. The molecule has 2 aromatic carbocycles. The average molecular weight is 432 g/mol. The summed E-state index contributed by atoms with van der Waals surface area (Å²) in [4.78, 5) is 16.0. The first-order chi connectivity index (χ1) is 15.5. The number of H-pyrrole nitrogens is 1. The molecule has 0 atom stereocenters. The second kappa shape index (κ2) is 7.08. The molecule has 3 aromatic heterocycles. The molecule has 7 nitrogen and oxygen atoms in total. The maximum absolute atomic E-state index is 14.8. The van der Waals surface area contributed by atoms with Gasteiger partial charge in [-0.3, -0.25) is 9.67 Å². The van der Waals surface area contributed by atoms with Crippen molar-refractivity contribution >= 4 is 22.1 Å². The Morgan fingerprint density at radius 3 is 2.84 bits per heavy atom. The van der Waals surface area contributed by atoms with Gasteiger partial charge in [0.05, 0.1) is 34.6 Å². The Morgan fingerprint density at radius 1 is 1.12 bits per heavy atom. The number of fused-ring (bicyclic) bond motifs is 2. The molecule has 0 spiro atoms. The summed E-state index contributed by atoms with van der Waals surface area (Å²) in [6.45, 7) is 2.59. The number of aromatic nitrogens is 6. The lowest BCUT2D eigenvalue weighted by molar-refractivity contribution is 0.411. The zero-order valence-corrected chi connectivity index (χ0v) is 17.1. The Kier molecular flexibility index (Phi) is 4.17. The number of hydrogen-bond acceptors (Lipinski definition) is 5. The summed E-state index contributed by atoms with van der Waals surface area (Å²) in [5.74, 6) is -0.722. The SMILES string of the molecule is Cc1nc2c(F)c(Oc3ccc4ncc(-c5cnn(CC6CC6)c5)nc4c3)c(F)cc2[nH]1. The van der Waals surface area contributed by atoms with Gasteiger partial charge in [-0.2, -0.15) is 5.10 Å².